The van der Waals surface area contributed by atoms with Gasteiger partial charge in [-0.05, 0) is 25.3 Å². The van der Waals surface area contributed by atoms with Crippen LogP contribution in [0.4, 0.5) is 4.39 Å². The number of hydrogen-bond donors (Lipinski definition) is 1. The van der Waals surface area contributed by atoms with Crippen molar-refractivity contribution in [2.24, 2.45) is 0 Å². The summed E-state index contributed by atoms with van der Waals surface area (Å²) < 4.78 is 24.5. The molecule has 1 spiro atoms. The molecule has 1 saturated heterocycles. The lowest BCUT2D eigenvalue weighted by atomic mass is 9.75. The van der Waals surface area contributed by atoms with Gasteiger partial charge in [0.2, 0.25) is 0 Å². The highest BCUT2D eigenvalue weighted by molar-refractivity contribution is 5.16. The predicted molar refractivity (Wildman–Crippen MR) is 81.0 cm³/mol. The van der Waals surface area contributed by atoms with E-state index in [4.69, 9.17) is 9.47 Å². The van der Waals surface area contributed by atoms with Crippen LogP contribution in [0.5, 0.6) is 0 Å². The molecule has 1 aromatic carbocycles. The second-order valence-electron chi connectivity index (χ2n) is 6.34. The van der Waals surface area contributed by atoms with Crippen LogP contribution in [0.3, 0.4) is 0 Å². The number of aliphatic hydroxyl groups excluding tert-OH is 1. The molecule has 0 radical (unpaired) electrons. The summed E-state index contributed by atoms with van der Waals surface area (Å²) in [6.07, 6.45) is 2.98. The van der Waals surface area contributed by atoms with E-state index in [0.29, 0.717) is 12.1 Å². The summed E-state index contributed by atoms with van der Waals surface area (Å²) in [6, 6.07) is 6.56. The van der Waals surface area contributed by atoms with E-state index < -0.39 is 6.10 Å². The van der Waals surface area contributed by atoms with Gasteiger partial charge < -0.3 is 14.6 Å². The number of benzene rings is 1. The first-order chi connectivity index (χ1) is 10.7. The van der Waals surface area contributed by atoms with Gasteiger partial charge in [0.15, 0.2) is 0 Å². The molecular weight excluding hydrogens is 285 g/mol. The molecule has 1 aromatic rings. The van der Waals surface area contributed by atoms with Gasteiger partial charge in [0.05, 0.1) is 32.5 Å². The molecule has 1 unspecified atom stereocenters. The summed E-state index contributed by atoms with van der Waals surface area (Å²) in [5.74, 6) is -0.265. The van der Waals surface area contributed by atoms with Crippen LogP contribution < -0.4 is 0 Å². The lowest BCUT2D eigenvalue weighted by molar-refractivity contribution is -0.123. The standard InChI is InChI=1S/C17H24FNO3/c18-16-5-2-1-4-14(16)11-22-12-15(20)10-19-8-9-21-13-17(19)6-3-7-17/h1-2,4-5,15,20H,3,6-13H2. The highest BCUT2D eigenvalue weighted by Crippen LogP contribution is 2.39. The largest absolute Gasteiger partial charge is 0.389 e. The van der Waals surface area contributed by atoms with Gasteiger partial charge in [-0.25, -0.2) is 4.39 Å². The van der Waals surface area contributed by atoms with Gasteiger partial charge in [0.25, 0.3) is 0 Å². The predicted octanol–water partition coefficient (Wildman–Crippen LogP) is 1.96. The number of hydrogen-bond acceptors (Lipinski definition) is 4. The molecule has 0 aromatic heterocycles. The Kier molecular flexibility index (Phi) is 5.08. The maximum Gasteiger partial charge on any atom is 0.128 e. The van der Waals surface area contributed by atoms with Crippen molar-refractivity contribution in [1.82, 2.24) is 4.90 Å². The van der Waals surface area contributed by atoms with Crippen LogP contribution in [-0.4, -0.2) is 54.6 Å². The highest BCUT2D eigenvalue weighted by Gasteiger charge is 2.44. The minimum atomic E-state index is -0.553. The monoisotopic (exact) mass is 309 g/mol. The summed E-state index contributed by atoms with van der Waals surface area (Å²) in [7, 11) is 0. The number of rotatable bonds is 6. The van der Waals surface area contributed by atoms with Crippen molar-refractivity contribution in [3.63, 3.8) is 0 Å². The van der Waals surface area contributed by atoms with E-state index in [1.165, 1.54) is 12.5 Å². The summed E-state index contributed by atoms with van der Waals surface area (Å²) >= 11 is 0. The van der Waals surface area contributed by atoms with E-state index in [2.05, 4.69) is 4.90 Å². The molecule has 1 saturated carbocycles. The van der Waals surface area contributed by atoms with Gasteiger partial charge in [-0.3, -0.25) is 4.90 Å². The van der Waals surface area contributed by atoms with E-state index in [1.807, 2.05) is 0 Å². The molecule has 1 heterocycles. The van der Waals surface area contributed by atoms with Crippen LogP contribution in [-0.2, 0) is 16.1 Å². The Morgan fingerprint density at radius 1 is 1.36 bits per heavy atom. The topological polar surface area (TPSA) is 41.9 Å². The second-order valence-corrected chi connectivity index (χ2v) is 6.34. The highest BCUT2D eigenvalue weighted by atomic mass is 19.1. The van der Waals surface area contributed by atoms with Crippen molar-refractivity contribution in [3.8, 4) is 0 Å². The van der Waals surface area contributed by atoms with Gasteiger partial charge in [0, 0.05) is 24.2 Å². The fraction of sp³-hybridized carbons (Fsp3) is 0.647. The minimum absolute atomic E-state index is 0.144. The van der Waals surface area contributed by atoms with Crippen LogP contribution in [0.15, 0.2) is 24.3 Å². The molecule has 0 amide bonds. The van der Waals surface area contributed by atoms with Crippen LogP contribution >= 0.6 is 0 Å². The fourth-order valence-corrected chi connectivity index (χ4v) is 3.32. The van der Waals surface area contributed by atoms with Crippen LogP contribution in [0.25, 0.3) is 0 Å². The number of morpholine rings is 1. The van der Waals surface area contributed by atoms with Crippen molar-refractivity contribution in [2.75, 3.05) is 32.9 Å². The number of β-amino-alcohol motifs (C(OH)–C–C–N with tert-alkyl or cyclic N) is 1. The average Bonchev–Trinajstić information content (AvgIpc) is 2.48. The van der Waals surface area contributed by atoms with Gasteiger partial charge in [0.1, 0.15) is 5.82 Å². The zero-order chi connectivity index (χ0) is 15.4. The number of ether oxygens (including phenoxy) is 2. The molecule has 2 fully saturated rings. The Hall–Kier alpha value is -1.01. The number of aliphatic hydroxyl groups is 1. The third-order valence-corrected chi connectivity index (χ3v) is 4.79. The van der Waals surface area contributed by atoms with Crippen molar-refractivity contribution in [3.05, 3.63) is 35.6 Å². The second kappa shape index (κ2) is 7.04. The van der Waals surface area contributed by atoms with Crippen LogP contribution in [0, 0.1) is 5.82 Å². The maximum absolute atomic E-state index is 13.5. The van der Waals surface area contributed by atoms with Gasteiger partial charge in [-0.2, -0.15) is 0 Å². The average molecular weight is 309 g/mol. The van der Waals surface area contributed by atoms with Gasteiger partial charge in [-0.1, -0.05) is 18.2 Å². The van der Waals surface area contributed by atoms with Gasteiger partial charge in [-0.15, -0.1) is 0 Å². The summed E-state index contributed by atoms with van der Waals surface area (Å²) in [4.78, 5) is 2.34. The maximum atomic E-state index is 13.5. The summed E-state index contributed by atoms with van der Waals surface area (Å²) in [5.41, 5.74) is 0.668. The molecule has 2 aliphatic rings. The first-order valence-electron chi connectivity index (χ1n) is 8.02. The quantitative estimate of drug-likeness (QED) is 0.872. The molecule has 1 aliphatic heterocycles. The lowest BCUT2D eigenvalue weighted by Crippen LogP contribution is -2.62. The molecule has 1 N–H and O–H groups in total. The van der Waals surface area contributed by atoms with Crippen LogP contribution in [0.2, 0.25) is 0 Å². The van der Waals surface area contributed by atoms with Gasteiger partial charge >= 0.3 is 0 Å². The third-order valence-electron chi connectivity index (χ3n) is 4.79. The van der Waals surface area contributed by atoms with E-state index in [-0.39, 0.29) is 24.6 Å². The Balaban J connectivity index is 1.44. The SMILES string of the molecule is OC(COCc1ccccc1F)CN1CCOCC12CCC2. The smallest absolute Gasteiger partial charge is 0.128 e. The van der Waals surface area contributed by atoms with Crippen molar-refractivity contribution in [1.29, 1.82) is 0 Å². The third kappa shape index (κ3) is 3.49. The summed E-state index contributed by atoms with van der Waals surface area (Å²) in [5, 5.41) is 10.2. The summed E-state index contributed by atoms with van der Waals surface area (Å²) in [6.45, 7) is 3.38. The minimum Gasteiger partial charge on any atom is -0.389 e. The van der Waals surface area contributed by atoms with E-state index >= 15 is 0 Å². The molecule has 22 heavy (non-hydrogen) atoms. The van der Waals surface area contributed by atoms with Crippen molar-refractivity contribution >= 4 is 0 Å². The first kappa shape index (κ1) is 15.9. The van der Waals surface area contributed by atoms with E-state index in [9.17, 15) is 9.50 Å². The molecule has 4 nitrogen and oxygen atoms in total. The molecule has 1 aliphatic carbocycles. The number of nitrogens with zero attached hydrogens (tertiary/aromatic N) is 1. The Bertz CT molecular complexity index is 493. The molecular formula is C17H24FNO3. The Labute approximate surface area is 130 Å². The lowest BCUT2D eigenvalue weighted by Gasteiger charge is -2.53. The van der Waals surface area contributed by atoms with Crippen molar-refractivity contribution in [2.45, 2.75) is 37.5 Å². The molecule has 1 atom stereocenters. The van der Waals surface area contributed by atoms with Crippen LogP contribution in [0.1, 0.15) is 24.8 Å². The molecule has 122 valence electrons. The first-order valence-corrected chi connectivity index (χ1v) is 8.02. The number of halogens is 1. The van der Waals surface area contributed by atoms with Crippen molar-refractivity contribution < 1.29 is 19.0 Å². The van der Waals surface area contributed by atoms with E-state index in [0.717, 1.165) is 32.6 Å². The normalized spacial score (nSPS) is 22.5. The Morgan fingerprint density at radius 3 is 2.91 bits per heavy atom. The molecule has 0 bridgehead atoms. The molecule has 3 rings (SSSR count). The molecule has 5 heteroatoms. The van der Waals surface area contributed by atoms with E-state index in [1.54, 1.807) is 18.2 Å². The zero-order valence-corrected chi connectivity index (χ0v) is 12.8. The fourth-order valence-electron chi connectivity index (χ4n) is 3.32. The Morgan fingerprint density at radius 2 is 2.18 bits per heavy atom. The zero-order valence-electron chi connectivity index (χ0n) is 12.8.